The van der Waals surface area contributed by atoms with Crippen molar-refractivity contribution in [2.45, 2.75) is 25.9 Å². The maximum atomic E-state index is 11.7. The van der Waals surface area contributed by atoms with Gasteiger partial charge in [-0.2, -0.15) is 13.2 Å². The Labute approximate surface area is 76.7 Å². The Morgan fingerprint density at radius 3 is 2.38 bits per heavy atom. The summed E-state index contributed by atoms with van der Waals surface area (Å²) in [5.41, 5.74) is 5.39. The Balaban J connectivity index is 3.49. The number of halogens is 3. The van der Waals surface area contributed by atoms with Gasteiger partial charge in [-0.05, 0) is 25.4 Å². The van der Waals surface area contributed by atoms with E-state index in [0.29, 0.717) is 13.1 Å². The van der Waals surface area contributed by atoms with E-state index in [1.807, 2.05) is 6.92 Å². The molecule has 0 amide bonds. The Kier molecular flexibility index (Phi) is 6.07. The summed E-state index contributed by atoms with van der Waals surface area (Å²) in [6.07, 6.45) is -2.29. The molecule has 0 saturated heterocycles. The molecule has 13 heavy (non-hydrogen) atoms. The molecule has 5 heteroatoms. The molecule has 0 aromatic heterocycles. The summed E-state index contributed by atoms with van der Waals surface area (Å²) >= 11 is 0. The van der Waals surface area contributed by atoms with Gasteiger partial charge in [0.15, 0.2) is 0 Å². The van der Waals surface area contributed by atoms with E-state index < -0.39 is 12.7 Å². The highest BCUT2D eigenvalue weighted by atomic mass is 19.4. The van der Waals surface area contributed by atoms with Gasteiger partial charge in [0.05, 0.1) is 6.54 Å². The highest BCUT2D eigenvalue weighted by molar-refractivity contribution is 4.64. The first kappa shape index (κ1) is 12.7. The first-order valence-electron chi connectivity index (χ1n) is 4.47. The van der Waals surface area contributed by atoms with Crippen LogP contribution in [-0.4, -0.2) is 25.8 Å². The molecule has 0 aliphatic rings. The predicted molar refractivity (Wildman–Crippen MR) is 46.4 cm³/mol. The summed E-state index contributed by atoms with van der Waals surface area (Å²) in [6.45, 7) is 1.86. The molecule has 2 nitrogen and oxygen atoms in total. The average molecular weight is 198 g/mol. The minimum absolute atomic E-state index is 0.160. The van der Waals surface area contributed by atoms with E-state index in [9.17, 15) is 13.2 Å². The summed E-state index contributed by atoms with van der Waals surface area (Å²) in [5, 5.41) is 2.36. The first-order chi connectivity index (χ1) is 5.99. The van der Waals surface area contributed by atoms with Gasteiger partial charge in [-0.15, -0.1) is 0 Å². The molecule has 0 saturated carbocycles. The summed E-state index contributed by atoms with van der Waals surface area (Å²) in [7, 11) is 0. The van der Waals surface area contributed by atoms with Crippen LogP contribution in [-0.2, 0) is 0 Å². The lowest BCUT2D eigenvalue weighted by molar-refractivity contribution is -0.125. The zero-order valence-electron chi connectivity index (χ0n) is 7.82. The molecule has 0 rings (SSSR count). The van der Waals surface area contributed by atoms with Crippen LogP contribution >= 0.6 is 0 Å². The molecular weight excluding hydrogens is 181 g/mol. The van der Waals surface area contributed by atoms with Crippen molar-refractivity contribution in [2.24, 2.45) is 11.7 Å². The molecule has 0 aromatic rings. The van der Waals surface area contributed by atoms with E-state index in [2.05, 4.69) is 5.32 Å². The average Bonchev–Trinajstić information content (AvgIpc) is 2.01. The van der Waals surface area contributed by atoms with Crippen LogP contribution in [0.15, 0.2) is 0 Å². The van der Waals surface area contributed by atoms with Crippen LogP contribution < -0.4 is 11.1 Å². The van der Waals surface area contributed by atoms with Gasteiger partial charge in [-0.3, -0.25) is 0 Å². The van der Waals surface area contributed by atoms with Crippen molar-refractivity contribution in [1.82, 2.24) is 5.32 Å². The predicted octanol–water partition coefficient (Wildman–Crippen LogP) is 1.51. The van der Waals surface area contributed by atoms with Crippen LogP contribution in [0.4, 0.5) is 13.2 Å². The molecule has 0 radical (unpaired) electrons. The van der Waals surface area contributed by atoms with E-state index in [1.54, 1.807) is 0 Å². The van der Waals surface area contributed by atoms with Crippen LogP contribution in [0.1, 0.15) is 19.8 Å². The fraction of sp³-hybridized carbons (Fsp3) is 1.00. The van der Waals surface area contributed by atoms with Gasteiger partial charge in [-0.1, -0.05) is 13.3 Å². The Hall–Kier alpha value is -0.290. The summed E-state index contributed by atoms with van der Waals surface area (Å²) in [5.74, 6) is 0.160. The van der Waals surface area contributed by atoms with Gasteiger partial charge in [0.2, 0.25) is 0 Å². The third-order valence-corrected chi connectivity index (χ3v) is 1.79. The number of alkyl halides is 3. The van der Waals surface area contributed by atoms with Crippen molar-refractivity contribution in [1.29, 1.82) is 0 Å². The molecule has 0 aliphatic carbocycles. The summed E-state index contributed by atoms with van der Waals surface area (Å²) in [4.78, 5) is 0. The van der Waals surface area contributed by atoms with E-state index >= 15 is 0 Å². The van der Waals surface area contributed by atoms with E-state index in [-0.39, 0.29) is 5.92 Å². The Bertz CT molecular complexity index is 125. The molecule has 0 aliphatic heterocycles. The molecule has 1 unspecified atom stereocenters. The van der Waals surface area contributed by atoms with Gasteiger partial charge in [0.1, 0.15) is 0 Å². The molecule has 0 spiro atoms. The number of nitrogens with two attached hydrogens (primary N) is 1. The SMILES string of the molecule is CCCC(CN)CNCC(F)(F)F. The normalized spacial score (nSPS) is 14.5. The third kappa shape index (κ3) is 8.05. The number of hydrogen-bond donors (Lipinski definition) is 2. The highest BCUT2D eigenvalue weighted by Gasteiger charge is 2.26. The van der Waals surface area contributed by atoms with Crippen LogP contribution in [0.5, 0.6) is 0 Å². The minimum atomic E-state index is -4.12. The first-order valence-corrected chi connectivity index (χ1v) is 4.47. The second-order valence-corrected chi connectivity index (χ2v) is 3.14. The Morgan fingerprint density at radius 2 is 2.00 bits per heavy atom. The van der Waals surface area contributed by atoms with Gasteiger partial charge < -0.3 is 11.1 Å². The third-order valence-electron chi connectivity index (χ3n) is 1.79. The number of nitrogens with one attached hydrogen (secondary N) is 1. The van der Waals surface area contributed by atoms with Crippen LogP contribution in [0, 0.1) is 5.92 Å². The van der Waals surface area contributed by atoms with Crippen molar-refractivity contribution in [3.05, 3.63) is 0 Å². The van der Waals surface area contributed by atoms with Crippen LogP contribution in [0.2, 0.25) is 0 Å². The van der Waals surface area contributed by atoms with E-state index in [0.717, 1.165) is 12.8 Å². The standard InChI is InChI=1S/C8H17F3N2/c1-2-3-7(4-12)5-13-6-8(9,10)11/h7,13H,2-6,12H2,1H3. The lowest BCUT2D eigenvalue weighted by atomic mass is 10.0. The van der Waals surface area contributed by atoms with Crippen molar-refractivity contribution in [3.63, 3.8) is 0 Å². The monoisotopic (exact) mass is 198 g/mol. The molecule has 0 heterocycles. The second-order valence-electron chi connectivity index (χ2n) is 3.14. The zero-order valence-corrected chi connectivity index (χ0v) is 7.82. The van der Waals surface area contributed by atoms with Crippen LogP contribution in [0.25, 0.3) is 0 Å². The summed E-state index contributed by atoms with van der Waals surface area (Å²) < 4.78 is 35.1. The number of rotatable bonds is 6. The van der Waals surface area contributed by atoms with Crippen molar-refractivity contribution in [2.75, 3.05) is 19.6 Å². The quantitative estimate of drug-likeness (QED) is 0.679. The van der Waals surface area contributed by atoms with Crippen molar-refractivity contribution >= 4 is 0 Å². The van der Waals surface area contributed by atoms with Gasteiger partial charge in [-0.25, -0.2) is 0 Å². The molecule has 0 bridgehead atoms. The van der Waals surface area contributed by atoms with Crippen LogP contribution in [0.3, 0.4) is 0 Å². The van der Waals surface area contributed by atoms with Crippen molar-refractivity contribution in [3.8, 4) is 0 Å². The molecule has 3 N–H and O–H groups in total. The van der Waals surface area contributed by atoms with Gasteiger partial charge >= 0.3 is 6.18 Å². The van der Waals surface area contributed by atoms with E-state index in [4.69, 9.17) is 5.73 Å². The maximum Gasteiger partial charge on any atom is 0.401 e. The molecule has 80 valence electrons. The smallest absolute Gasteiger partial charge is 0.330 e. The molecule has 0 aromatic carbocycles. The highest BCUT2D eigenvalue weighted by Crippen LogP contribution is 2.12. The van der Waals surface area contributed by atoms with Crippen molar-refractivity contribution < 1.29 is 13.2 Å². The molecular formula is C8H17F3N2. The minimum Gasteiger partial charge on any atom is -0.330 e. The largest absolute Gasteiger partial charge is 0.401 e. The molecule has 1 atom stereocenters. The lowest BCUT2D eigenvalue weighted by Gasteiger charge is -2.15. The molecule has 0 fully saturated rings. The summed E-state index contributed by atoms with van der Waals surface area (Å²) in [6, 6.07) is 0. The van der Waals surface area contributed by atoms with Gasteiger partial charge in [0, 0.05) is 0 Å². The van der Waals surface area contributed by atoms with E-state index in [1.165, 1.54) is 0 Å². The second kappa shape index (κ2) is 6.21. The zero-order chi connectivity index (χ0) is 10.3. The lowest BCUT2D eigenvalue weighted by Crippen LogP contribution is -2.34. The Morgan fingerprint density at radius 1 is 1.38 bits per heavy atom. The fourth-order valence-corrected chi connectivity index (χ4v) is 1.13. The topological polar surface area (TPSA) is 38.0 Å². The van der Waals surface area contributed by atoms with Gasteiger partial charge in [0.25, 0.3) is 0 Å². The number of hydrogen-bond acceptors (Lipinski definition) is 2. The fourth-order valence-electron chi connectivity index (χ4n) is 1.13. The maximum absolute atomic E-state index is 11.7.